The molecule has 0 aliphatic rings. The van der Waals surface area contributed by atoms with E-state index in [-0.39, 0.29) is 11.4 Å². The van der Waals surface area contributed by atoms with Crippen LogP contribution in [0.5, 0.6) is 0 Å². The Kier molecular flexibility index (Phi) is 2.91. The minimum absolute atomic E-state index is 0.0450. The second-order valence-electron chi connectivity index (χ2n) is 5.32. The highest BCUT2D eigenvalue weighted by molar-refractivity contribution is 5.75. The Morgan fingerprint density at radius 1 is 1.35 bits per heavy atom. The van der Waals surface area contributed by atoms with Gasteiger partial charge in [0, 0.05) is 12.6 Å². The molecule has 0 amide bonds. The lowest BCUT2D eigenvalue weighted by molar-refractivity contribution is 0.415. The first-order valence-electron chi connectivity index (χ1n) is 5.73. The van der Waals surface area contributed by atoms with Crippen LogP contribution in [0.25, 0.3) is 11.0 Å². The van der Waals surface area contributed by atoms with Crippen molar-refractivity contribution in [3.05, 3.63) is 29.8 Å². The van der Waals surface area contributed by atoms with Crippen LogP contribution < -0.4 is 5.32 Å². The van der Waals surface area contributed by atoms with Gasteiger partial charge in [-0.3, -0.25) is 0 Å². The standard InChI is InChI=1S/C13H18FN3/c1-13(2,3)15-8-12-16-10-6-5-9(14)7-11(10)17(12)4/h5-7,15H,8H2,1-4H3. The van der Waals surface area contributed by atoms with Crippen molar-refractivity contribution in [1.82, 2.24) is 14.9 Å². The van der Waals surface area contributed by atoms with Gasteiger partial charge in [0.05, 0.1) is 17.6 Å². The first-order valence-corrected chi connectivity index (χ1v) is 5.73. The Hall–Kier alpha value is -1.42. The monoisotopic (exact) mass is 235 g/mol. The van der Waals surface area contributed by atoms with E-state index in [9.17, 15) is 4.39 Å². The maximum Gasteiger partial charge on any atom is 0.125 e. The van der Waals surface area contributed by atoms with Gasteiger partial charge in [0.2, 0.25) is 0 Å². The van der Waals surface area contributed by atoms with Gasteiger partial charge in [-0.05, 0) is 39.0 Å². The Bertz CT molecular complexity index is 537. The summed E-state index contributed by atoms with van der Waals surface area (Å²) in [6.07, 6.45) is 0. The Morgan fingerprint density at radius 2 is 2.06 bits per heavy atom. The highest BCUT2D eigenvalue weighted by Crippen LogP contribution is 2.16. The number of nitrogens with one attached hydrogen (secondary N) is 1. The van der Waals surface area contributed by atoms with Gasteiger partial charge in [0.1, 0.15) is 11.6 Å². The molecule has 0 bridgehead atoms. The molecule has 0 aliphatic carbocycles. The van der Waals surface area contributed by atoms with Gasteiger partial charge < -0.3 is 9.88 Å². The molecule has 0 fully saturated rings. The Morgan fingerprint density at radius 3 is 2.71 bits per heavy atom. The maximum absolute atomic E-state index is 13.1. The van der Waals surface area contributed by atoms with Gasteiger partial charge in [-0.15, -0.1) is 0 Å². The van der Waals surface area contributed by atoms with Crippen LogP contribution in [-0.4, -0.2) is 15.1 Å². The van der Waals surface area contributed by atoms with Gasteiger partial charge in [-0.1, -0.05) is 0 Å². The molecule has 2 aromatic rings. The molecule has 0 atom stereocenters. The summed E-state index contributed by atoms with van der Waals surface area (Å²) in [4.78, 5) is 4.49. The predicted octanol–water partition coefficient (Wildman–Crippen LogP) is 2.60. The molecule has 92 valence electrons. The summed E-state index contributed by atoms with van der Waals surface area (Å²) in [5.74, 6) is 0.691. The van der Waals surface area contributed by atoms with Crippen LogP contribution in [0.3, 0.4) is 0 Å². The molecule has 1 aromatic carbocycles. The van der Waals surface area contributed by atoms with Crippen molar-refractivity contribution in [2.45, 2.75) is 32.9 Å². The first-order chi connectivity index (χ1) is 7.87. The van der Waals surface area contributed by atoms with Gasteiger partial charge in [0.25, 0.3) is 0 Å². The van der Waals surface area contributed by atoms with Crippen molar-refractivity contribution in [3.8, 4) is 0 Å². The lowest BCUT2D eigenvalue weighted by Crippen LogP contribution is -2.35. The molecule has 0 aliphatic heterocycles. The zero-order valence-corrected chi connectivity index (χ0v) is 10.7. The van der Waals surface area contributed by atoms with E-state index in [0.29, 0.717) is 6.54 Å². The Labute approximate surface area is 101 Å². The number of rotatable bonds is 2. The summed E-state index contributed by atoms with van der Waals surface area (Å²) < 4.78 is 15.1. The van der Waals surface area contributed by atoms with Crippen LogP contribution in [0.1, 0.15) is 26.6 Å². The zero-order chi connectivity index (χ0) is 12.6. The second kappa shape index (κ2) is 4.11. The smallest absolute Gasteiger partial charge is 0.125 e. The number of hydrogen-bond donors (Lipinski definition) is 1. The van der Waals surface area contributed by atoms with E-state index in [1.807, 2.05) is 11.6 Å². The number of hydrogen-bond acceptors (Lipinski definition) is 2. The molecule has 1 N–H and O–H groups in total. The van der Waals surface area contributed by atoms with Crippen LogP contribution in [0, 0.1) is 5.82 Å². The Balaban J connectivity index is 2.33. The lowest BCUT2D eigenvalue weighted by atomic mass is 10.1. The fourth-order valence-electron chi connectivity index (χ4n) is 1.72. The van der Waals surface area contributed by atoms with E-state index in [1.54, 1.807) is 6.07 Å². The molecule has 0 unspecified atom stereocenters. The van der Waals surface area contributed by atoms with Crippen molar-refractivity contribution < 1.29 is 4.39 Å². The number of benzene rings is 1. The van der Waals surface area contributed by atoms with E-state index in [2.05, 4.69) is 31.1 Å². The summed E-state index contributed by atoms with van der Waals surface area (Å²) in [7, 11) is 1.91. The summed E-state index contributed by atoms with van der Waals surface area (Å²) in [6, 6.07) is 4.67. The molecule has 3 nitrogen and oxygen atoms in total. The molecule has 1 aromatic heterocycles. The molecule has 0 spiro atoms. The van der Waals surface area contributed by atoms with Crippen LogP contribution in [0.2, 0.25) is 0 Å². The van der Waals surface area contributed by atoms with Gasteiger partial charge >= 0.3 is 0 Å². The van der Waals surface area contributed by atoms with E-state index in [0.717, 1.165) is 16.9 Å². The molecular weight excluding hydrogens is 217 g/mol. The van der Waals surface area contributed by atoms with Crippen molar-refractivity contribution in [2.75, 3.05) is 0 Å². The molecule has 0 saturated heterocycles. The number of aryl methyl sites for hydroxylation is 1. The average Bonchev–Trinajstić information content (AvgIpc) is 2.52. The first kappa shape index (κ1) is 12.0. The molecule has 4 heteroatoms. The van der Waals surface area contributed by atoms with Crippen LogP contribution in [0.15, 0.2) is 18.2 Å². The highest BCUT2D eigenvalue weighted by atomic mass is 19.1. The molecule has 2 rings (SSSR count). The lowest BCUT2D eigenvalue weighted by Gasteiger charge is -2.20. The van der Waals surface area contributed by atoms with Crippen molar-refractivity contribution in [2.24, 2.45) is 7.05 Å². The zero-order valence-electron chi connectivity index (χ0n) is 10.7. The summed E-state index contributed by atoms with van der Waals surface area (Å²) in [5, 5.41) is 3.38. The van der Waals surface area contributed by atoms with Crippen LogP contribution >= 0.6 is 0 Å². The number of nitrogens with zero attached hydrogens (tertiary/aromatic N) is 2. The quantitative estimate of drug-likeness (QED) is 0.867. The van der Waals surface area contributed by atoms with E-state index < -0.39 is 0 Å². The number of halogens is 1. The topological polar surface area (TPSA) is 29.9 Å². The van der Waals surface area contributed by atoms with Gasteiger partial charge in [-0.25, -0.2) is 9.37 Å². The van der Waals surface area contributed by atoms with Gasteiger partial charge in [0.15, 0.2) is 0 Å². The van der Waals surface area contributed by atoms with E-state index in [1.165, 1.54) is 12.1 Å². The van der Waals surface area contributed by atoms with Crippen molar-refractivity contribution in [3.63, 3.8) is 0 Å². The van der Waals surface area contributed by atoms with E-state index >= 15 is 0 Å². The van der Waals surface area contributed by atoms with Crippen molar-refractivity contribution >= 4 is 11.0 Å². The summed E-state index contributed by atoms with van der Waals surface area (Å²) in [5.41, 5.74) is 1.71. The second-order valence-corrected chi connectivity index (χ2v) is 5.32. The van der Waals surface area contributed by atoms with Crippen LogP contribution in [0.4, 0.5) is 4.39 Å². The maximum atomic E-state index is 13.1. The van der Waals surface area contributed by atoms with Crippen LogP contribution in [-0.2, 0) is 13.6 Å². The predicted molar refractivity (Wildman–Crippen MR) is 67.3 cm³/mol. The molecule has 0 radical (unpaired) electrons. The normalized spacial score (nSPS) is 12.3. The number of imidazole rings is 1. The van der Waals surface area contributed by atoms with Gasteiger partial charge in [-0.2, -0.15) is 0 Å². The number of fused-ring (bicyclic) bond motifs is 1. The molecular formula is C13H18FN3. The molecule has 1 heterocycles. The third kappa shape index (κ3) is 2.64. The molecule has 17 heavy (non-hydrogen) atoms. The van der Waals surface area contributed by atoms with E-state index in [4.69, 9.17) is 0 Å². The minimum atomic E-state index is -0.226. The average molecular weight is 235 g/mol. The summed E-state index contributed by atoms with van der Waals surface area (Å²) in [6.45, 7) is 7.00. The highest BCUT2D eigenvalue weighted by Gasteiger charge is 2.12. The fraction of sp³-hybridized carbons (Fsp3) is 0.462. The fourth-order valence-corrected chi connectivity index (χ4v) is 1.72. The largest absolute Gasteiger partial charge is 0.330 e. The summed E-state index contributed by atoms with van der Waals surface area (Å²) >= 11 is 0. The van der Waals surface area contributed by atoms with Crippen molar-refractivity contribution in [1.29, 1.82) is 0 Å². The molecule has 0 saturated carbocycles. The number of aromatic nitrogens is 2. The third-order valence-electron chi connectivity index (χ3n) is 2.71. The third-order valence-corrected chi connectivity index (χ3v) is 2.71. The SMILES string of the molecule is Cn1c(CNC(C)(C)C)nc2ccc(F)cc21. The minimum Gasteiger partial charge on any atom is -0.330 e.